The van der Waals surface area contributed by atoms with Crippen LogP contribution in [0, 0.1) is 0 Å². The lowest BCUT2D eigenvalue weighted by Gasteiger charge is -2.29. The average Bonchev–Trinajstić information content (AvgIpc) is 2.77. The second-order valence-corrected chi connectivity index (χ2v) is 7.50. The average molecular weight is 437 g/mol. The van der Waals surface area contributed by atoms with Gasteiger partial charge in [0.25, 0.3) is 5.91 Å². The number of para-hydroxylation sites is 1. The van der Waals surface area contributed by atoms with Crippen molar-refractivity contribution in [3.63, 3.8) is 0 Å². The number of benzene rings is 2. The molecule has 3 amide bonds. The van der Waals surface area contributed by atoms with Gasteiger partial charge in [0.2, 0.25) is 0 Å². The van der Waals surface area contributed by atoms with Crippen LogP contribution in [0.4, 0.5) is 10.5 Å². The molecule has 0 saturated heterocycles. The molecular weight excluding hydrogens is 410 g/mol. The van der Waals surface area contributed by atoms with E-state index >= 15 is 0 Å². The summed E-state index contributed by atoms with van der Waals surface area (Å²) in [4.78, 5) is 36.9. The first kappa shape index (κ1) is 22.9. The van der Waals surface area contributed by atoms with Crippen LogP contribution in [0.15, 0.2) is 65.9 Å². The van der Waals surface area contributed by atoms with Crippen molar-refractivity contribution < 1.29 is 23.9 Å². The Hall–Kier alpha value is -3.81. The Labute approximate surface area is 187 Å². The number of rotatable bonds is 8. The van der Waals surface area contributed by atoms with Crippen LogP contribution in [0.2, 0.25) is 0 Å². The first-order valence-electron chi connectivity index (χ1n) is 10.5. The monoisotopic (exact) mass is 437 g/mol. The molecule has 0 spiro atoms. The van der Waals surface area contributed by atoms with Gasteiger partial charge in [0.05, 0.1) is 17.7 Å². The molecule has 32 heavy (non-hydrogen) atoms. The summed E-state index contributed by atoms with van der Waals surface area (Å²) >= 11 is 0. The van der Waals surface area contributed by atoms with Crippen LogP contribution < -0.4 is 20.7 Å². The van der Waals surface area contributed by atoms with E-state index in [1.165, 1.54) is 0 Å². The van der Waals surface area contributed by atoms with Crippen LogP contribution in [0.1, 0.15) is 38.8 Å². The summed E-state index contributed by atoms with van der Waals surface area (Å²) in [7, 11) is 0. The van der Waals surface area contributed by atoms with Crippen LogP contribution >= 0.6 is 0 Å². The molecule has 0 saturated carbocycles. The first-order valence-corrected chi connectivity index (χ1v) is 10.5. The van der Waals surface area contributed by atoms with Gasteiger partial charge in [-0.25, -0.2) is 9.59 Å². The van der Waals surface area contributed by atoms with Gasteiger partial charge in [0, 0.05) is 11.4 Å². The highest BCUT2D eigenvalue weighted by Crippen LogP contribution is 2.30. The van der Waals surface area contributed by atoms with Crippen molar-refractivity contribution in [1.29, 1.82) is 0 Å². The van der Waals surface area contributed by atoms with E-state index in [2.05, 4.69) is 16.0 Å². The molecule has 0 fully saturated rings. The third-order valence-electron chi connectivity index (χ3n) is 4.71. The van der Waals surface area contributed by atoms with Gasteiger partial charge in [-0.05, 0) is 50.1 Å². The molecule has 1 aliphatic heterocycles. The van der Waals surface area contributed by atoms with Gasteiger partial charge < -0.3 is 25.4 Å². The summed E-state index contributed by atoms with van der Waals surface area (Å²) in [5.41, 5.74) is 2.29. The van der Waals surface area contributed by atoms with Gasteiger partial charge in [-0.3, -0.25) is 4.79 Å². The number of hydrogen-bond donors (Lipinski definition) is 3. The summed E-state index contributed by atoms with van der Waals surface area (Å²) in [6.07, 6.45) is 0.189. The zero-order valence-electron chi connectivity index (χ0n) is 18.3. The molecule has 168 valence electrons. The number of ether oxygens (including phenoxy) is 2. The Kier molecular flexibility index (Phi) is 7.49. The standard InChI is InChI=1S/C24H27N3O5/c1-4-19-21(23(29)32-15(2)3)22(27-24(30)26-19)16-10-12-18(13-11-16)31-14-20(28)25-17-8-6-5-7-9-17/h5-13,15,22H,4,14H2,1-3H3,(H,25,28)(H2,26,27,30). The van der Waals surface area contributed by atoms with E-state index in [-0.39, 0.29) is 24.6 Å². The minimum atomic E-state index is -0.652. The SMILES string of the molecule is CCC1=C(C(=O)OC(C)C)C(c2ccc(OCC(=O)Nc3ccccc3)cc2)NC(=O)N1. The molecular formula is C24H27N3O5. The van der Waals surface area contributed by atoms with Crippen LogP contribution in [0.25, 0.3) is 0 Å². The fourth-order valence-corrected chi connectivity index (χ4v) is 3.29. The maximum Gasteiger partial charge on any atom is 0.338 e. The van der Waals surface area contributed by atoms with Crippen LogP contribution in [-0.2, 0) is 14.3 Å². The Morgan fingerprint density at radius 3 is 2.38 bits per heavy atom. The number of urea groups is 1. The lowest BCUT2D eigenvalue weighted by molar-refractivity contribution is -0.143. The molecule has 8 nitrogen and oxygen atoms in total. The van der Waals surface area contributed by atoms with E-state index in [1.807, 2.05) is 25.1 Å². The number of amides is 3. The number of hydrogen-bond acceptors (Lipinski definition) is 5. The second kappa shape index (κ2) is 10.5. The lowest BCUT2D eigenvalue weighted by Crippen LogP contribution is -2.46. The highest BCUT2D eigenvalue weighted by atomic mass is 16.5. The lowest BCUT2D eigenvalue weighted by atomic mass is 9.94. The minimum Gasteiger partial charge on any atom is -0.484 e. The molecule has 0 radical (unpaired) electrons. The van der Waals surface area contributed by atoms with Crippen LogP contribution in [0.5, 0.6) is 5.75 Å². The highest BCUT2D eigenvalue weighted by Gasteiger charge is 2.33. The molecule has 1 atom stereocenters. The molecule has 1 heterocycles. The molecule has 3 N–H and O–H groups in total. The van der Waals surface area contributed by atoms with E-state index in [0.717, 1.165) is 0 Å². The summed E-state index contributed by atoms with van der Waals surface area (Å²) in [6, 6.07) is 15.0. The van der Waals surface area contributed by atoms with E-state index in [1.54, 1.807) is 50.2 Å². The zero-order chi connectivity index (χ0) is 23.1. The Morgan fingerprint density at radius 2 is 1.75 bits per heavy atom. The number of carbonyl (C=O) groups excluding carboxylic acids is 3. The topological polar surface area (TPSA) is 106 Å². The normalized spacial score (nSPS) is 15.6. The summed E-state index contributed by atoms with van der Waals surface area (Å²) in [5.74, 6) is -0.268. The second-order valence-electron chi connectivity index (χ2n) is 7.50. The Bertz CT molecular complexity index is 1000. The van der Waals surface area contributed by atoms with E-state index in [4.69, 9.17) is 9.47 Å². The molecule has 1 aliphatic rings. The fraction of sp³-hybridized carbons (Fsp3) is 0.292. The van der Waals surface area contributed by atoms with E-state index in [9.17, 15) is 14.4 Å². The van der Waals surface area contributed by atoms with Gasteiger partial charge in [-0.1, -0.05) is 37.3 Å². The van der Waals surface area contributed by atoms with Crippen molar-refractivity contribution in [2.45, 2.75) is 39.3 Å². The maximum absolute atomic E-state index is 12.7. The fourth-order valence-electron chi connectivity index (χ4n) is 3.29. The van der Waals surface area contributed by atoms with Crippen molar-refractivity contribution in [1.82, 2.24) is 10.6 Å². The summed E-state index contributed by atoms with van der Waals surface area (Å²) in [5, 5.41) is 8.23. The van der Waals surface area contributed by atoms with Gasteiger partial charge in [0.1, 0.15) is 5.75 Å². The van der Waals surface area contributed by atoms with Crippen molar-refractivity contribution in [2.24, 2.45) is 0 Å². The number of allylic oxidation sites excluding steroid dienone is 1. The van der Waals surface area contributed by atoms with E-state index < -0.39 is 12.0 Å². The predicted octanol–water partition coefficient (Wildman–Crippen LogP) is 3.67. The number of nitrogens with one attached hydrogen (secondary N) is 3. The molecule has 0 aromatic heterocycles. The van der Waals surface area contributed by atoms with Gasteiger partial charge in [0.15, 0.2) is 6.61 Å². The summed E-state index contributed by atoms with van der Waals surface area (Å²) < 4.78 is 10.9. The molecule has 8 heteroatoms. The number of esters is 1. The van der Waals surface area contributed by atoms with Gasteiger partial charge in [-0.15, -0.1) is 0 Å². The van der Waals surface area contributed by atoms with E-state index in [0.29, 0.717) is 34.7 Å². The minimum absolute atomic E-state index is 0.149. The molecule has 0 bridgehead atoms. The third kappa shape index (κ3) is 5.87. The Balaban J connectivity index is 1.71. The predicted molar refractivity (Wildman–Crippen MR) is 120 cm³/mol. The largest absolute Gasteiger partial charge is 0.484 e. The van der Waals surface area contributed by atoms with Crippen molar-refractivity contribution in [3.8, 4) is 5.75 Å². The number of anilines is 1. The molecule has 3 rings (SSSR count). The molecule has 2 aromatic rings. The van der Waals surface area contributed by atoms with Gasteiger partial charge in [-0.2, -0.15) is 0 Å². The van der Waals surface area contributed by atoms with Gasteiger partial charge >= 0.3 is 12.0 Å². The first-order chi connectivity index (χ1) is 15.4. The summed E-state index contributed by atoms with van der Waals surface area (Å²) in [6.45, 7) is 5.25. The number of carbonyl (C=O) groups is 3. The van der Waals surface area contributed by atoms with Crippen molar-refractivity contribution in [3.05, 3.63) is 71.4 Å². The maximum atomic E-state index is 12.7. The van der Waals surface area contributed by atoms with Crippen molar-refractivity contribution in [2.75, 3.05) is 11.9 Å². The molecule has 0 aliphatic carbocycles. The quantitative estimate of drug-likeness (QED) is 0.547. The zero-order valence-corrected chi connectivity index (χ0v) is 18.3. The van der Waals surface area contributed by atoms with Crippen LogP contribution in [0.3, 0.4) is 0 Å². The van der Waals surface area contributed by atoms with Crippen molar-refractivity contribution >= 4 is 23.6 Å². The Morgan fingerprint density at radius 1 is 1.06 bits per heavy atom. The van der Waals surface area contributed by atoms with Crippen LogP contribution in [-0.4, -0.2) is 30.6 Å². The highest BCUT2D eigenvalue weighted by molar-refractivity contribution is 5.95. The molecule has 1 unspecified atom stereocenters. The smallest absolute Gasteiger partial charge is 0.338 e. The molecule has 2 aromatic carbocycles. The third-order valence-corrected chi connectivity index (χ3v) is 4.71.